The van der Waals surface area contributed by atoms with Gasteiger partial charge in [0.15, 0.2) is 0 Å². The Balaban J connectivity index is 3.30. The summed E-state index contributed by atoms with van der Waals surface area (Å²) < 4.78 is 0. The van der Waals surface area contributed by atoms with E-state index in [0.717, 1.165) is 13.0 Å². The minimum Gasteiger partial charge on any atom is -0.396 e. The first-order valence-electron chi connectivity index (χ1n) is 4.10. The van der Waals surface area contributed by atoms with Crippen LogP contribution in [0, 0.1) is 5.92 Å². The van der Waals surface area contributed by atoms with Gasteiger partial charge in [0.25, 0.3) is 0 Å². The molecule has 2 nitrogen and oxygen atoms in total. The molecule has 0 heterocycles. The fourth-order valence-corrected chi connectivity index (χ4v) is 1.23. The second-order valence-electron chi connectivity index (χ2n) is 2.72. The quantitative estimate of drug-likeness (QED) is 0.584. The van der Waals surface area contributed by atoms with Crippen molar-refractivity contribution in [2.45, 2.75) is 26.2 Å². The number of aliphatic hydroxyl groups is 1. The lowest BCUT2D eigenvalue weighted by molar-refractivity contribution is 0.249. The smallest absolute Gasteiger partial charge is 0.0434 e. The van der Waals surface area contributed by atoms with Crippen molar-refractivity contribution in [3.05, 3.63) is 0 Å². The second-order valence-corrected chi connectivity index (χ2v) is 2.72. The molecule has 10 heavy (non-hydrogen) atoms. The van der Waals surface area contributed by atoms with Crippen molar-refractivity contribution in [2.24, 2.45) is 5.92 Å². The lowest BCUT2D eigenvalue weighted by Crippen LogP contribution is -2.19. The first kappa shape index (κ1) is 9.92. The van der Waals surface area contributed by atoms with Crippen LogP contribution < -0.4 is 5.32 Å². The van der Waals surface area contributed by atoms with Crippen LogP contribution >= 0.6 is 0 Å². The van der Waals surface area contributed by atoms with E-state index in [1.807, 2.05) is 7.05 Å². The molecule has 0 radical (unpaired) electrons. The molecule has 0 rings (SSSR count). The molecule has 0 aliphatic carbocycles. The third-order valence-corrected chi connectivity index (χ3v) is 1.73. The van der Waals surface area contributed by atoms with Crippen LogP contribution in [0.5, 0.6) is 0 Å². The molecule has 2 N–H and O–H groups in total. The van der Waals surface area contributed by atoms with Crippen LogP contribution in [0.3, 0.4) is 0 Å². The van der Waals surface area contributed by atoms with E-state index in [-0.39, 0.29) is 0 Å². The summed E-state index contributed by atoms with van der Waals surface area (Å²) in [6.45, 7) is 3.54. The summed E-state index contributed by atoms with van der Waals surface area (Å²) >= 11 is 0. The molecule has 0 saturated heterocycles. The molecule has 0 fully saturated rings. The van der Waals surface area contributed by atoms with Gasteiger partial charge >= 0.3 is 0 Å². The molecular weight excluding hydrogens is 126 g/mol. The van der Waals surface area contributed by atoms with E-state index in [2.05, 4.69) is 12.2 Å². The van der Waals surface area contributed by atoms with E-state index in [4.69, 9.17) is 5.11 Å². The van der Waals surface area contributed by atoms with Crippen molar-refractivity contribution in [2.75, 3.05) is 20.2 Å². The monoisotopic (exact) mass is 145 g/mol. The summed E-state index contributed by atoms with van der Waals surface area (Å²) in [6, 6.07) is 0. The van der Waals surface area contributed by atoms with Crippen LogP contribution in [0.25, 0.3) is 0 Å². The van der Waals surface area contributed by atoms with Crippen LogP contribution in [0.4, 0.5) is 0 Å². The first-order chi connectivity index (χ1) is 4.85. The summed E-state index contributed by atoms with van der Waals surface area (Å²) in [5, 5.41) is 11.8. The van der Waals surface area contributed by atoms with Crippen LogP contribution in [0.15, 0.2) is 0 Å². The number of nitrogens with one attached hydrogen (secondary N) is 1. The third-order valence-electron chi connectivity index (χ3n) is 1.73. The van der Waals surface area contributed by atoms with Crippen molar-refractivity contribution in [1.29, 1.82) is 0 Å². The molecule has 0 bridgehead atoms. The van der Waals surface area contributed by atoms with Crippen molar-refractivity contribution in [3.8, 4) is 0 Å². The van der Waals surface area contributed by atoms with Gasteiger partial charge < -0.3 is 10.4 Å². The maximum atomic E-state index is 8.66. The summed E-state index contributed by atoms with van der Waals surface area (Å²) in [4.78, 5) is 0. The highest BCUT2D eigenvalue weighted by Crippen LogP contribution is 2.08. The Morgan fingerprint density at radius 1 is 1.40 bits per heavy atom. The molecule has 0 aliphatic rings. The molecule has 0 aromatic carbocycles. The first-order valence-corrected chi connectivity index (χ1v) is 4.10. The molecule has 0 spiro atoms. The van der Waals surface area contributed by atoms with Gasteiger partial charge in [-0.15, -0.1) is 0 Å². The third kappa shape index (κ3) is 4.77. The van der Waals surface area contributed by atoms with E-state index in [1.54, 1.807) is 0 Å². The van der Waals surface area contributed by atoms with Crippen molar-refractivity contribution in [1.82, 2.24) is 5.32 Å². The Labute approximate surface area is 63.6 Å². The van der Waals surface area contributed by atoms with E-state index < -0.39 is 0 Å². The lowest BCUT2D eigenvalue weighted by atomic mass is 10.0. The molecule has 1 atom stereocenters. The zero-order chi connectivity index (χ0) is 7.82. The Hall–Kier alpha value is -0.0800. The minimum absolute atomic E-state index is 0.326. The maximum Gasteiger partial charge on any atom is 0.0434 e. The predicted octanol–water partition coefficient (Wildman–Crippen LogP) is 1.00. The van der Waals surface area contributed by atoms with Crippen molar-refractivity contribution < 1.29 is 5.11 Å². The Morgan fingerprint density at radius 3 is 2.50 bits per heavy atom. The van der Waals surface area contributed by atoms with Gasteiger partial charge in [-0.3, -0.25) is 0 Å². The van der Waals surface area contributed by atoms with E-state index in [9.17, 15) is 0 Å². The zero-order valence-electron chi connectivity index (χ0n) is 7.06. The molecule has 0 aromatic heterocycles. The second kappa shape index (κ2) is 7.03. The summed E-state index contributed by atoms with van der Waals surface area (Å²) in [5.41, 5.74) is 0. The van der Waals surface area contributed by atoms with E-state index in [0.29, 0.717) is 12.5 Å². The van der Waals surface area contributed by atoms with Crippen LogP contribution in [-0.2, 0) is 0 Å². The van der Waals surface area contributed by atoms with Gasteiger partial charge in [0.05, 0.1) is 0 Å². The fraction of sp³-hybridized carbons (Fsp3) is 1.00. The predicted molar refractivity (Wildman–Crippen MR) is 44.0 cm³/mol. The number of hydrogen-bond acceptors (Lipinski definition) is 2. The van der Waals surface area contributed by atoms with Gasteiger partial charge in [-0.2, -0.15) is 0 Å². The van der Waals surface area contributed by atoms with Gasteiger partial charge in [-0.05, 0) is 32.4 Å². The van der Waals surface area contributed by atoms with E-state index >= 15 is 0 Å². The molecule has 2 heteroatoms. The highest BCUT2D eigenvalue weighted by Gasteiger charge is 2.04. The Bertz CT molecular complexity index is 52.0. The topological polar surface area (TPSA) is 32.3 Å². The zero-order valence-corrected chi connectivity index (χ0v) is 7.06. The van der Waals surface area contributed by atoms with Gasteiger partial charge in [-0.1, -0.05) is 13.3 Å². The van der Waals surface area contributed by atoms with Gasteiger partial charge in [0, 0.05) is 6.61 Å². The van der Waals surface area contributed by atoms with Gasteiger partial charge in [0.2, 0.25) is 0 Å². The van der Waals surface area contributed by atoms with Crippen molar-refractivity contribution >= 4 is 0 Å². The minimum atomic E-state index is 0.326. The average molecular weight is 145 g/mol. The van der Waals surface area contributed by atoms with E-state index in [1.165, 1.54) is 12.8 Å². The fourth-order valence-electron chi connectivity index (χ4n) is 1.23. The summed E-state index contributed by atoms with van der Waals surface area (Å²) in [6.07, 6.45) is 3.38. The molecule has 1 unspecified atom stereocenters. The Morgan fingerprint density at radius 2 is 2.10 bits per heavy atom. The molecule has 0 aliphatic heterocycles. The molecular formula is C8H19NO. The summed E-state index contributed by atoms with van der Waals surface area (Å²) in [5.74, 6) is 0.667. The molecule has 0 saturated carbocycles. The number of rotatable bonds is 6. The van der Waals surface area contributed by atoms with Crippen LogP contribution in [0.2, 0.25) is 0 Å². The normalized spacial score (nSPS) is 13.5. The summed E-state index contributed by atoms with van der Waals surface area (Å²) in [7, 11) is 1.96. The molecule has 0 aromatic rings. The largest absolute Gasteiger partial charge is 0.396 e. The SMILES string of the molecule is CCCC(CCO)CNC. The maximum absolute atomic E-state index is 8.66. The van der Waals surface area contributed by atoms with Crippen molar-refractivity contribution in [3.63, 3.8) is 0 Å². The van der Waals surface area contributed by atoms with Crippen LogP contribution in [0.1, 0.15) is 26.2 Å². The number of aliphatic hydroxyl groups excluding tert-OH is 1. The highest BCUT2D eigenvalue weighted by molar-refractivity contribution is 4.59. The van der Waals surface area contributed by atoms with Crippen LogP contribution in [-0.4, -0.2) is 25.3 Å². The average Bonchev–Trinajstić information content (AvgIpc) is 1.90. The molecule has 0 amide bonds. The Kier molecular flexibility index (Phi) is 6.98. The van der Waals surface area contributed by atoms with Gasteiger partial charge in [-0.25, -0.2) is 0 Å². The number of hydrogen-bond donors (Lipinski definition) is 2. The van der Waals surface area contributed by atoms with Gasteiger partial charge in [0.1, 0.15) is 0 Å². The standard InChI is InChI=1S/C8H19NO/c1-3-4-8(5-6-10)7-9-2/h8-10H,3-7H2,1-2H3. The lowest BCUT2D eigenvalue weighted by Gasteiger charge is -2.12. The molecule has 62 valence electrons. The highest BCUT2D eigenvalue weighted by atomic mass is 16.3.